The highest BCUT2D eigenvalue weighted by Gasteiger charge is 2.25. The summed E-state index contributed by atoms with van der Waals surface area (Å²) in [5.41, 5.74) is 3.53. The van der Waals surface area contributed by atoms with Crippen LogP contribution in [0.2, 0.25) is 5.02 Å². The average molecular weight is 352 g/mol. The van der Waals surface area contributed by atoms with Crippen molar-refractivity contribution in [2.24, 2.45) is 0 Å². The Morgan fingerprint density at radius 3 is 2.68 bits per heavy atom. The molecule has 0 bridgehead atoms. The lowest BCUT2D eigenvalue weighted by atomic mass is 10.0. The summed E-state index contributed by atoms with van der Waals surface area (Å²) in [6.07, 6.45) is 6.56. The zero-order valence-corrected chi connectivity index (χ0v) is 14.2. The van der Waals surface area contributed by atoms with Gasteiger partial charge in [-0.2, -0.15) is 5.26 Å². The van der Waals surface area contributed by atoms with E-state index >= 15 is 0 Å². The third-order valence-corrected chi connectivity index (χ3v) is 4.42. The van der Waals surface area contributed by atoms with E-state index in [1.165, 1.54) is 0 Å². The Bertz CT molecular complexity index is 974. The molecule has 124 valence electrons. The molecule has 2 aromatic heterocycles. The summed E-state index contributed by atoms with van der Waals surface area (Å²) in [7, 11) is 0. The molecule has 1 atom stereocenters. The van der Waals surface area contributed by atoms with Gasteiger partial charge in [-0.1, -0.05) is 11.6 Å². The first-order valence-electron chi connectivity index (χ1n) is 7.85. The van der Waals surface area contributed by atoms with Crippen LogP contribution in [0.15, 0.2) is 35.1 Å². The maximum Gasteiger partial charge on any atom is 0.229 e. The van der Waals surface area contributed by atoms with E-state index in [1.54, 1.807) is 24.7 Å². The van der Waals surface area contributed by atoms with E-state index in [4.69, 9.17) is 16.0 Å². The van der Waals surface area contributed by atoms with Crippen LogP contribution in [0, 0.1) is 18.3 Å². The van der Waals surface area contributed by atoms with Crippen molar-refractivity contribution in [2.45, 2.75) is 25.8 Å². The number of nitriles is 1. The van der Waals surface area contributed by atoms with Gasteiger partial charge in [-0.3, -0.25) is 0 Å². The van der Waals surface area contributed by atoms with Gasteiger partial charge in [0.1, 0.15) is 5.76 Å². The summed E-state index contributed by atoms with van der Waals surface area (Å²) in [6.45, 7) is 1.84. The van der Waals surface area contributed by atoms with Gasteiger partial charge >= 0.3 is 0 Å². The summed E-state index contributed by atoms with van der Waals surface area (Å²) in [6, 6.07) is 5.99. The number of rotatable bonds is 3. The second-order valence-corrected chi connectivity index (χ2v) is 6.46. The molecule has 1 N–H and O–H groups in total. The number of aromatic nitrogens is 3. The Hall–Kier alpha value is -2.91. The third-order valence-electron chi connectivity index (χ3n) is 4.20. The maximum atomic E-state index is 9.27. The van der Waals surface area contributed by atoms with Crippen LogP contribution in [-0.4, -0.2) is 21.0 Å². The van der Waals surface area contributed by atoms with Crippen molar-refractivity contribution in [3.8, 4) is 17.5 Å². The minimum atomic E-state index is 0.135. The number of oxazole rings is 1. The number of hydrogen-bond donors (Lipinski definition) is 1. The number of halogens is 1. The summed E-state index contributed by atoms with van der Waals surface area (Å²) < 4.78 is 5.47. The Morgan fingerprint density at radius 1 is 1.20 bits per heavy atom. The molecule has 6 nitrogen and oxygen atoms in total. The van der Waals surface area contributed by atoms with Crippen LogP contribution in [0.3, 0.4) is 0 Å². The van der Waals surface area contributed by atoms with Crippen molar-refractivity contribution in [1.82, 2.24) is 15.0 Å². The number of nitrogens with one attached hydrogen (secondary N) is 1. The van der Waals surface area contributed by atoms with Crippen molar-refractivity contribution in [1.29, 1.82) is 5.26 Å². The molecule has 25 heavy (non-hydrogen) atoms. The zero-order valence-electron chi connectivity index (χ0n) is 13.5. The highest BCUT2D eigenvalue weighted by atomic mass is 35.5. The topological polar surface area (TPSA) is 87.6 Å². The Balaban J connectivity index is 1.49. The number of benzene rings is 1. The molecule has 1 aromatic carbocycles. The smallest absolute Gasteiger partial charge is 0.229 e. The summed E-state index contributed by atoms with van der Waals surface area (Å²) >= 11 is 6.08. The molecule has 0 spiro atoms. The largest absolute Gasteiger partial charge is 0.441 e. The molecular formula is C18H14ClN5O. The summed E-state index contributed by atoms with van der Waals surface area (Å²) in [4.78, 5) is 12.8. The SMILES string of the molecule is Cc1cnc(-c2cnc(N[C@H]3Cc4cc(Cl)cc(C#N)c4C3)nc2)o1. The lowest BCUT2D eigenvalue weighted by Gasteiger charge is -2.11. The Morgan fingerprint density at radius 2 is 2.00 bits per heavy atom. The Labute approximate surface area is 149 Å². The molecule has 0 unspecified atom stereocenters. The quantitative estimate of drug-likeness (QED) is 0.776. The molecule has 0 amide bonds. The van der Waals surface area contributed by atoms with Crippen LogP contribution in [0.4, 0.5) is 5.95 Å². The number of nitrogens with zero attached hydrogens (tertiary/aromatic N) is 4. The first kappa shape index (κ1) is 15.6. The maximum absolute atomic E-state index is 9.27. The second-order valence-electron chi connectivity index (χ2n) is 6.02. The van der Waals surface area contributed by atoms with E-state index in [1.807, 2.05) is 13.0 Å². The van der Waals surface area contributed by atoms with Crippen molar-refractivity contribution in [3.63, 3.8) is 0 Å². The van der Waals surface area contributed by atoms with Crippen molar-refractivity contribution >= 4 is 17.5 Å². The van der Waals surface area contributed by atoms with E-state index < -0.39 is 0 Å². The van der Waals surface area contributed by atoms with Gasteiger partial charge in [0, 0.05) is 23.5 Å². The molecule has 1 aliphatic rings. The molecule has 2 heterocycles. The predicted molar refractivity (Wildman–Crippen MR) is 93.3 cm³/mol. The molecule has 4 rings (SSSR count). The summed E-state index contributed by atoms with van der Waals surface area (Å²) in [5.74, 6) is 1.79. The van der Waals surface area contributed by atoms with Gasteiger partial charge in [0.25, 0.3) is 0 Å². The molecular weight excluding hydrogens is 338 g/mol. The molecule has 0 aliphatic heterocycles. The predicted octanol–water partition coefficient (Wildman–Crippen LogP) is 3.54. The van der Waals surface area contributed by atoms with Crippen LogP contribution in [0.1, 0.15) is 22.5 Å². The van der Waals surface area contributed by atoms with Crippen LogP contribution in [0.5, 0.6) is 0 Å². The van der Waals surface area contributed by atoms with Gasteiger partial charge in [-0.05, 0) is 43.0 Å². The average Bonchev–Trinajstić information content (AvgIpc) is 3.20. The molecule has 1 aliphatic carbocycles. The van der Waals surface area contributed by atoms with Crippen molar-refractivity contribution in [2.75, 3.05) is 5.32 Å². The van der Waals surface area contributed by atoms with Crippen LogP contribution >= 0.6 is 11.6 Å². The first-order valence-corrected chi connectivity index (χ1v) is 8.23. The molecule has 7 heteroatoms. The normalized spacial score (nSPS) is 15.6. The van der Waals surface area contributed by atoms with Gasteiger partial charge < -0.3 is 9.73 Å². The van der Waals surface area contributed by atoms with Gasteiger partial charge in [0.2, 0.25) is 11.8 Å². The molecule has 0 saturated heterocycles. The molecule has 0 saturated carbocycles. The molecule has 0 radical (unpaired) electrons. The van der Waals surface area contributed by atoms with Gasteiger partial charge in [-0.15, -0.1) is 0 Å². The fourth-order valence-electron chi connectivity index (χ4n) is 3.09. The summed E-state index contributed by atoms with van der Waals surface area (Å²) in [5, 5.41) is 13.2. The minimum Gasteiger partial charge on any atom is -0.441 e. The van der Waals surface area contributed by atoms with Crippen molar-refractivity contribution in [3.05, 3.63) is 58.2 Å². The second kappa shape index (κ2) is 6.19. The van der Waals surface area contributed by atoms with E-state index in [0.29, 0.717) is 22.4 Å². The third kappa shape index (κ3) is 3.06. The minimum absolute atomic E-state index is 0.135. The number of fused-ring (bicyclic) bond motifs is 1. The van der Waals surface area contributed by atoms with Gasteiger partial charge in [-0.25, -0.2) is 15.0 Å². The van der Waals surface area contributed by atoms with Gasteiger partial charge in [0.15, 0.2) is 0 Å². The first-order chi connectivity index (χ1) is 12.1. The standard InChI is InChI=1S/C18H14ClN5O/c1-10-7-21-17(25-10)13-8-22-18(23-9-13)24-15-4-11-2-14(19)3-12(6-20)16(11)5-15/h2-3,7-9,15H,4-5H2,1H3,(H,22,23,24)/t15-/m0/s1. The lowest BCUT2D eigenvalue weighted by Crippen LogP contribution is -2.21. The zero-order chi connectivity index (χ0) is 17.4. The van der Waals surface area contributed by atoms with Gasteiger partial charge in [0.05, 0.1) is 23.4 Å². The number of anilines is 1. The van der Waals surface area contributed by atoms with E-state index in [0.717, 1.165) is 35.3 Å². The van der Waals surface area contributed by atoms with E-state index in [-0.39, 0.29) is 6.04 Å². The fourth-order valence-corrected chi connectivity index (χ4v) is 3.33. The Kier molecular flexibility index (Phi) is 3.86. The molecule has 3 aromatic rings. The monoisotopic (exact) mass is 351 g/mol. The number of aryl methyl sites for hydroxylation is 1. The molecule has 0 fully saturated rings. The van der Waals surface area contributed by atoms with Crippen LogP contribution < -0.4 is 5.32 Å². The van der Waals surface area contributed by atoms with E-state index in [2.05, 4.69) is 26.3 Å². The van der Waals surface area contributed by atoms with Crippen LogP contribution in [0.25, 0.3) is 11.5 Å². The van der Waals surface area contributed by atoms with Crippen LogP contribution in [-0.2, 0) is 12.8 Å². The van der Waals surface area contributed by atoms with Crippen molar-refractivity contribution < 1.29 is 4.42 Å². The fraction of sp³-hybridized carbons (Fsp3) is 0.222. The number of hydrogen-bond acceptors (Lipinski definition) is 6. The lowest BCUT2D eigenvalue weighted by molar-refractivity contribution is 0.542. The van der Waals surface area contributed by atoms with E-state index in [9.17, 15) is 5.26 Å². The highest BCUT2D eigenvalue weighted by molar-refractivity contribution is 6.30. The highest BCUT2D eigenvalue weighted by Crippen LogP contribution is 2.30.